The first-order chi connectivity index (χ1) is 4.91. The standard InChI is InChI=1S/C7H18N3/c1-2-3-4-5-6-7-9-10-8/h2,9-10H,3-8H2,1H3. The van der Waals surface area contributed by atoms with Gasteiger partial charge in [0.05, 0.1) is 0 Å². The van der Waals surface area contributed by atoms with E-state index in [1.54, 1.807) is 0 Å². The topological polar surface area (TPSA) is 50.1 Å². The van der Waals surface area contributed by atoms with Gasteiger partial charge in [-0.2, -0.15) is 5.53 Å². The van der Waals surface area contributed by atoms with Crippen molar-refractivity contribution in [1.29, 1.82) is 0 Å². The summed E-state index contributed by atoms with van der Waals surface area (Å²) in [6.07, 6.45) is 7.20. The molecule has 1 radical (unpaired) electrons. The first-order valence-corrected chi connectivity index (χ1v) is 3.88. The van der Waals surface area contributed by atoms with Crippen molar-refractivity contribution >= 4 is 0 Å². The lowest BCUT2D eigenvalue weighted by molar-refractivity contribution is 0.521. The summed E-state index contributed by atoms with van der Waals surface area (Å²) in [5, 5.41) is 0. The molecular weight excluding hydrogens is 126 g/mol. The van der Waals surface area contributed by atoms with Crippen molar-refractivity contribution in [1.82, 2.24) is 11.0 Å². The molecule has 3 nitrogen and oxygen atoms in total. The van der Waals surface area contributed by atoms with E-state index in [1.165, 1.54) is 25.7 Å². The molecule has 61 valence electrons. The van der Waals surface area contributed by atoms with Gasteiger partial charge in [-0.1, -0.05) is 26.2 Å². The highest BCUT2D eigenvalue weighted by molar-refractivity contribution is 4.55. The van der Waals surface area contributed by atoms with Gasteiger partial charge in [-0.25, -0.2) is 5.43 Å². The van der Waals surface area contributed by atoms with Crippen molar-refractivity contribution < 1.29 is 0 Å². The summed E-state index contributed by atoms with van der Waals surface area (Å²) in [4.78, 5) is 0. The van der Waals surface area contributed by atoms with E-state index in [-0.39, 0.29) is 0 Å². The lowest BCUT2D eigenvalue weighted by Crippen LogP contribution is -2.38. The van der Waals surface area contributed by atoms with Crippen molar-refractivity contribution in [2.75, 3.05) is 6.54 Å². The average molecular weight is 144 g/mol. The molecule has 0 saturated carbocycles. The molecule has 0 fully saturated rings. The summed E-state index contributed by atoms with van der Waals surface area (Å²) in [7, 11) is 0. The van der Waals surface area contributed by atoms with Crippen LogP contribution in [0.1, 0.15) is 32.6 Å². The molecule has 0 rings (SSSR count). The van der Waals surface area contributed by atoms with Gasteiger partial charge in [-0.3, -0.25) is 5.84 Å². The zero-order valence-electron chi connectivity index (χ0n) is 6.69. The molecule has 0 aromatic carbocycles. The van der Waals surface area contributed by atoms with Gasteiger partial charge in [0.2, 0.25) is 0 Å². The molecule has 0 unspecified atom stereocenters. The van der Waals surface area contributed by atoms with Crippen molar-refractivity contribution in [3.05, 3.63) is 6.42 Å². The highest BCUT2D eigenvalue weighted by Gasteiger charge is 1.86. The quantitative estimate of drug-likeness (QED) is 0.280. The van der Waals surface area contributed by atoms with Gasteiger partial charge in [-0.15, -0.1) is 0 Å². The number of hydrogen-bond acceptors (Lipinski definition) is 3. The molecule has 0 spiro atoms. The minimum atomic E-state index is 0.959. The maximum atomic E-state index is 5.00. The Hall–Kier alpha value is -0.120. The molecule has 0 aliphatic heterocycles. The van der Waals surface area contributed by atoms with Crippen LogP contribution in [0, 0.1) is 6.42 Å². The van der Waals surface area contributed by atoms with E-state index in [1.807, 2.05) is 0 Å². The van der Waals surface area contributed by atoms with Crippen LogP contribution in [0.25, 0.3) is 0 Å². The van der Waals surface area contributed by atoms with E-state index in [4.69, 9.17) is 5.84 Å². The van der Waals surface area contributed by atoms with Crippen molar-refractivity contribution in [3.63, 3.8) is 0 Å². The Bertz CT molecular complexity index is 48.8. The normalized spacial score (nSPS) is 10.2. The van der Waals surface area contributed by atoms with Crippen LogP contribution in [0.4, 0.5) is 0 Å². The molecule has 0 aliphatic rings. The van der Waals surface area contributed by atoms with Crippen LogP contribution in [-0.4, -0.2) is 6.54 Å². The largest absolute Gasteiger partial charge is 0.258 e. The Balaban J connectivity index is 2.65. The van der Waals surface area contributed by atoms with Gasteiger partial charge in [0.1, 0.15) is 0 Å². The summed E-state index contributed by atoms with van der Waals surface area (Å²) in [6, 6.07) is 0. The fourth-order valence-electron chi connectivity index (χ4n) is 0.811. The van der Waals surface area contributed by atoms with Crippen LogP contribution in [0.2, 0.25) is 0 Å². The molecule has 0 saturated heterocycles. The second-order valence-corrected chi connectivity index (χ2v) is 2.33. The highest BCUT2D eigenvalue weighted by Crippen LogP contribution is 1.99. The molecule has 3 heteroatoms. The third-order valence-corrected chi connectivity index (χ3v) is 1.40. The van der Waals surface area contributed by atoms with E-state index in [0.29, 0.717) is 0 Å². The highest BCUT2D eigenvalue weighted by atomic mass is 15.5. The molecule has 0 amide bonds. The summed E-state index contributed by atoms with van der Waals surface area (Å²) < 4.78 is 0. The van der Waals surface area contributed by atoms with E-state index in [0.717, 1.165) is 6.54 Å². The Morgan fingerprint density at radius 2 is 2.10 bits per heavy atom. The summed E-state index contributed by atoms with van der Waals surface area (Å²) in [6.45, 7) is 3.06. The van der Waals surface area contributed by atoms with Gasteiger partial charge in [-0.05, 0) is 12.8 Å². The van der Waals surface area contributed by atoms with Gasteiger partial charge < -0.3 is 0 Å². The monoisotopic (exact) mass is 144 g/mol. The third kappa shape index (κ3) is 7.88. The first kappa shape index (κ1) is 9.88. The lowest BCUT2D eigenvalue weighted by Gasteiger charge is -2.00. The number of hydrogen-bond donors (Lipinski definition) is 3. The van der Waals surface area contributed by atoms with E-state index < -0.39 is 0 Å². The zero-order valence-corrected chi connectivity index (χ0v) is 6.69. The van der Waals surface area contributed by atoms with E-state index in [2.05, 4.69) is 24.3 Å². The Morgan fingerprint density at radius 3 is 2.70 bits per heavy atom. The maximum Gasteiger partial charge on any atom is 0.0113 e. The van der Waals surface area contributed by atoms with Gasteiger partial charge in [0.15, 0.2) is 0 Å². The van der Waals surface area contributed by atoms with Crippen molar-refractivity contribution in [2.45, 2.75) is 32.6 Å². The van der Waals surface area contributed by atoms with Gasteiger partial charge >= 0.3 is 0 Å². The lowest BCUT2D eigenvalue weighted by atomic mass is 10.2. The van der Waals surface area contributed by atoms with Crippen LogP contribution < -0.4 is 16.8 Å². The number of hydrazine groups is 2. The molecule has 0 aliphatic carbocycles. The molecular formula is C7H18N3. The molecule has 4 N–H and O–H groups in total. The first-order valence-electron chi connectivity index (χ1n) is 3.88. The minimum absolute atomic E-state index is 0.959. The average Bonchev–Trinajstić information content (AvgIpc) is 1.97. The van der Waals surface area contributed by atoms with Crippen LogP contribution in [0.5, 0.6) is 0 Å². The Morgan fingerprint density at radius 1 is 1.30 bits per heavy atom. The number of unbranched alkanes of at least 4 members (excludes halogenated alkanes) is 4. The number of nitrogens with two attached hydrogens (primary N) is 1. The minimum Gasteiger partial charge on any atom is -0.258 e. The molecule has 0 aromatic heterocycles. The Labute approximate surface area is 63.3 Å². The summed E-state index contributed by atoms with van der Waals surface area (Å²) in [5.41, 5.74) is 5.24. The summed E-state index contributed by atoms with van der Waals surface area (Å²) >= 11 is 0. The molecule has 0 aromatic rings. The Kier molecular flexibility index (Phi) is 8.77. The predicted molar refractivity (Wildman–Crippen MR) is 43.8 cm³/mol. The fraction of sp³-hybridized carbons (Fsp3) is 0.857. The van der Waals surface area contributed by atoms with E-state index in [9.17, 15) is 0 Å². The van der Waals surface area contributed by atoms with Crippen molar-refractivity contribution in [2.24, 2.45) is 5.84 Å². The third-order valence-electron chi connectivity index (χ3n) is 1.40. The van der Waals surface area contributed by atoms with Gasteiger partial charge in [0.25, 0.3) is 0 Å². The molecule has 10 heavy (non-hydrogen) atoms. The molecule has 0 heterocycles. The second kappa shape index (κ2) is 8.88. The fourth-order valence-corrected chi connectivity index (χ4v) is 0.811. The maximum absolute atomic E-state index is 5.00. The predicted octanol–water partition coefficient (Wildman–Crippen LogP) is 0.739. The number of rotatable bonds is 7. The van der Waals surface area contributed by atoms with Crippen LogP contribution in [-0.2, 0) is 0 Å². The van der Waals surface area contributed by atoms with Gasteiger partial charge in [0, 0.05) is 6.54 Å². The zero-order chi connectivity index (χ0) is 7.66. The van der Waals surface area contributed by atoms with Crippen LogP contribution in [0.3, 0.4) is 0 Å². The second-order valence-electron chi connectivity index (χ2n) is 2.33. The SMILES string of the molecule is C[CH]CCCCCNNN. The van der Waals surface area contributed by atoms with E-state index >= 15 is 0 Å². The summed E-state index contributed by atoms with van der Waals surface area (Å²) in [5.74, 6) is 5.00. The van der Waals surface area contributed by atoms with Crippen LogP contribution in [0.15, 0.2) is 0 Å². The smallest absolute Gasteiger partial charge is 0.0113 e. The molecule has 0 bridgehead atoms. The van der Waals surface area contributed by atoms with Crippen molar-refractivity contribution in [3.8, 4) is 0 Å². The number of nitrogens with one attached hydrogen (secondary N) is 2. The van der Waals surface area contributed by atoms with Crippen LogP contribution >= 0.6 is 0 Å². The molecule has 0 atom stereocenters.